The van der Waals surface area contributed by atoms with Crippen molar-refractivity contribution in [3.8, 4) is 0 Å². The summed E-state index contributed by atoms with van der Waals surface area (Å²) in [4.78, 5) is 4.41. The van der Waals surface area contributed by atoms with Crippen LogP contribution >= 0.6 is 11.6 Å². The van der Waals surface area contributed by atoms with Crippen LogP contribution in [-0.2, 0) is 0 Å². The van der Waals surface area contributed by atoms with E-state index >= 15 is 0 Å². The van der Waals surface area contributed by atoms with Gasteiger partial charge in [-0.2, -0.15) is 0 Å². The highest BCUT2D eigenvalue weighted by Gasteiger charge is 2.12. The van der Waals surface area contributed by atoms with Crippen LogP contribution in [0, 0.1) is 6.92 Å². The lowest BCUT2D eigenvalue weighted by atomic mass is 10.0. The minimum Gasteiger partial charge on any atom is -0.308 e. The van der Waals surface area contributed by atoms with E-state index in [0.717, 1.165) is 16.3 Å². The minimum absolute atomic E-state index is 0.104. The highest BCUT2D eigenvalue weighted by Crippen LogP contribution is 2.22. The number of hydrogen-bond acceptors (Lipinski definition) is 2. The standard InChI is InChI=1S/C14H15ClN2/c1-10-7-8-17-13(9-10)14(16-2)11-3-5-12(15)6-4-11/h3-9,14,16H,1-2H3. The van der Waals surface area contributed by atoms with Crippen molar-refractivity contribution >= 4 is 11.6 Å². The Morgan fingerprint density at radius 3 is 2.47 bits per heavy atom. The maximum absolute atomic E-state index is 5.89. The molecule has 0 aliphatic rings. The normalized spacial score (nSPS) is 12.4. The van der Waals surface area contributed by atoms with E-state index in [1.807, 2.05) is 43.6 Å². The first kappa shape index (κ1) is 12.1. The Kier molecular flexibility index (Phi) is 3.77. The van der Waals surface area contributed by atoms with Gasteiger partial charge in [-0.05, 0) is 49.4 Å². The molecular formula is C14H15ClN2. The lowest BCUT2D eigenvalue weighted by Gasteiger charge is -2.16. The summed E-state index contributed by atoms with van der Waals surface area (Å²) in [7, 11) is 1.93. The number of aryl methyl sites for hydroxylation is 1. The molecule has 1 aromatic carbocycles. The first-order valence-corrected chi connectivity index (χ1v) is 5.94. The van der Waals surface area contributed by atoms with Crippen LogP contribution in [0.4, 0.5) is 0 Å². The number of aromatic nitrogens is 1. The van der Waals surface area contributed by atoms with E-state index in [0.29, 0.717) is 0 Å². The fourth-order valence-electron chi connectivity index (χ4n) is 1.86. The predicted molar refractivity (Wildman–Crippen MR) is 71.3 cm³/mol. The zero-order valence-corrected chi connectivity index (χ0v) is 10.7. The average Bonchev–Trinajstić information content (AvgIpc) is 2.33. The summed E-state index contributed by atoms with van der Waals surface area (Å²) in [5.41, 5.74) is 3.40. The molecule has 0 bridgehead atoms. The SMILES string of the molecule is CNC(c1ccc(Cl)cc1)c1cc(C)ccn1. The highest BCUT2D eigenvalue weighted by molar-refractivity contribution is 6.30. The zero-order chi connectivity index (χ0) is 12.3. The third-order valence-corrected chi connectivity index (χ3v) is 2.98. The molecule has 1 heterocycles. The van der Waals surface area contributed by atoms with Gasteiger partial charge in [0.05, 0.1) is 11.7 Å². The molecule has 0 spiro atoms. The van der Waals surface area contributed by atoms with Gasteiger partial charge in [0.15, 0.2) is 0 Å². The number of halogens is 1. The van der Waals surface area contributed by atoms with Crippen LogP contribution in [0.25, 0.3) is 0 Å². The van der Waals surface area contributed by atoms with Gasteiger partial charge in [-0.15, -0.1) is 0 Å². The maximum atomic E-state index is 5.89. The second kappa shape index (κ2) is 5.30. The van der Waals surface area contributed by atoms with Crippen molar-refractivity contribution in [2.24, 2.45) is 0 Å². The molecular weight excluding hydrogens is 232 g/mol. The van der Waals surface area contributed by atoms with Crippen LogP contribution in [-0.4, -0.2) is 12.0 Å². The molecule has 0 fully saturated rings. The van der Waals surface area contributed by atoms with Crippen LogP contribution in [0.5, 0.6) is 0 Å². The summed E-state index contributed by atoms with van der Waals surface area (Å²) in [6.07, 6.45) is 1.84. The summed E-state index contributed by atoms with van der Waals surface area (Å²) in [6.45, 7) is 2.07. The summed E-state index contributed by atoms with van der Waals surface area (Å²) in [6, 6.07) is 12.0. The molecule has 0 saturated carbocycles. The highest BCUT2D eigenvalue weighted by atomic mass is 35.5. The number of rotatable bonds is 3. The Balaban J connectivity index is 2.36. The molecule has 1 atom stereocenters. The van der Waals surface area contributed by atoms with E-state index in [1.54, 1.807) is 0 Å². The summed E-state index contributed by atoms with van der Waals surface area (Å²) >= 11 is 5.89. The lowest BCUT2D eigenvalue weighted by Crippen LogP contribution is -2.18. The molecule has 2 aromatic rings. The fraction of sp³-hybridized carbons (Fsp3) is 0.214. The number of nitrogens with zero attached hydrogens (tertiary/aromatic N) is 1. The van der Waals surface area contributed by atoms with Gasteiger partial charge in [-0.1, -0.05) is 23.7 Å². The van der Waals surface area contributed by atoms with Crippen molar-refractivity contribution < 1.29 is 0 Å². The van der Waals surface area contributed by atoms with Gasteiger partial charge in [0.1, 0.15) is 0 Å². The van der Waals surface area contributed by atoms with Crippen molar-refractivity contribution in [3.05, 3.63) is 64.4 Å². The van der Waals surface area contributed by atoms with E-state index in [9.17, 15) is 0 Å². The van der Waals surface area contributed by atoms with Crippen LogP contribution in [0.1, 0.15) is 22.9 Å². The Labute approximate surface area is 107 Å². The van der Waals surface area contributed by atoms with Crippen molar-refractivity contribution in [3.63, 3.8) is 0 Å². The number of nitrogens with one attached hydrogen (secondary N) is 1. The first-order chi connectivity index (χ1) is 8.20. The van der Waals surface area contributed by atoms with Crippen LogP contribution in [0.15, 0.2) is 42.6 Å². The molecule has 2 rings (SSSR count). The van der Waals surface area contributed by atoms with E-state index in [1.165, 1.54) is 5.56 Å². The van der Waals surface area contributed by atoms with Crippen molar-refractivity contribution in [1.29, 1.82) is 0 Å². The van der Waals surface area contributed by atoms with Gasteiger partial charge in [0.25, 0.3) is 0 Å². The second-order valence-electron chi connectivity index (χ2n) is 4.03. The molecule has 3 heteroatoms. The van der Waals surface area contributed by atoms with Crippen molar-refractivity contribution in [2.45, 2.75) is 13.0 Å². The van der Waals surface area contributed by atoms with E-state index in [2.05, 4.69) is 23.3 Å². The summed E-state index contributed by atoms with van der Waals surface area (Å²) < 4.78 is 0. The first-order valence-electron chi connectivity index (χ1n) is 5.56. The number of pyridine rings is 1. The Hall–Kier alpha value is -1.38. The van der Waals surface area contributed by atoms with E-state index in [-0.39, 0.29) is 6.04 Å². The van der Waals surface area contributed by atoms with Gasteiger partial charge in [0.2, 0.25) is 0 Å². The molecule has 0 radical (unpaired) electrons. The van der Waals surface area contributed by atoms with Crippen LogP contribution in [0.2, 0.25) is 5.02 Å². The average molecular weight is 247 g/mol. The molecule has 1 unspecified atom stereocenters. The Morgan fingerprint density at radius 2 is 1.88 bits per heavy atom. The maximum Gasteiger partial charge on any atom is 0.0749 e. The van der Waals surface area contributed by atoms with Gasteiger partial charge in [-0.3, -0.25) is 4.98 Å². The Morgan fingerprint density at radius 1 is 1.18 bits per heavy atom. The van der Waals surface area contributed by atoms with E-state index in [4.69, 9.17) is 11.6 Å². The predicted octanol–water partition coefficient (Wildman–Crippen LogP) is 3.35. The van der Waals surface area contributed by atoms with Crippen LogP contribution < -0.4 is 5.32 Å². The summed E-state index contributed by atoms with van der Waals surface area (Å²) in [5.74, 6) is 0. The molecule has 17 heavy (non-hydrogen) atoms. The van der Waals surface area contributed by atoms with Gasteiger partial charge in [-0.25, -0.2) is 0 Å². The molecule has 0 aliphatic carbocycles. The largest absolute Gasteiger partial charge is 0.308 e. The summed E-state index contributed by atoms with van der Waals surface area (Å²) in [5, 5.41) is 4.03. The quantitative estimate of drug-likeness (QED) is 0.899. The van der Waals surface area contributed by atoms with Crippen molar-refractivity contribution in [1.82, 2.24) is 10.3 Å². The molecule has 2 nitrogen and oxygen atoms in total. The van der Waals surface area contributed by atoms with Crippen LogP contribution in [0.3, 0.4) is 0 Å². The molecule has 88 valence electrons. The van der Waals surface area contributed by atoms with E-state index < -0.39 is 0 Å². The smallest absolute Gasteiger partial charge is 0.0749 e. The zero-order valence-electron chi connectivity index (χ0n) is 9.94. The topological polar surface area (TPSA) is 24.9 Å². The van der Waals surface area contributed by atoms with Gasteiger partial charge >= 0.3 is 0 Å². The molecule has 1 aromatic heterocycles. The van der Waals surface area contributed by atoms with Gasteiger partial charge in [0, 0.05) is 11.2 Å². The number of hydrogen-bond donors (Lipinski definition) is 1. The third-order valence-electron chi connectivity index (χ3n) is 2.72. The second-order valence-corrected chi connectivity index (χ2v) is 4.47. The monoisotopic (exact) mass is 246 g/mol. The molecule has 0 aliphatic heterocycles. The molecule has 0 amide bonds. The number of benzene rings is 1. The fourth-order valence-corrected chi connectivity index (χ4v) is 1.98. The molecule has 1 N–H and O–H groups in total. The minimum atomic E-state index is 0.104. The lowest BCUT2D eigenvalue weighted by molar-refractivity contribution is 0.670. The third kappa shape index (κ3) is 2.84. The van der Waals surface area contributed by atoms with Crippen molar-refractivity contribution in [2.75, 3.05) is 7.05 Å². The van der Waals surface area contributed by atoms with Gasteiger partial charge < -0.3 is 5.32 Å². The molecule has 0 saturated heterocycles. The Bertz CT molecular complexity index is 494.